The van der Waals surface area contributed by atoms with Crippen LogP contribution in [0, 0.1) is 6.92 Å². The number of nitrogens with zero attached hydrogens (tertiary/aromatic N) is 6. The molecule has 1 amide bonds. The molecule has 0 unspecified atom stereocenters. The molecular formula is C26H19F3N8OS. The predicted molar refractivity (Wildman–Crippen MR) is 140 cm³/mol. The highest BCUT2D eigenvalue weighted by molar-refractivity contribution is 7.03. The maximum absolute atomic E-state index is 13.1. The van der Waals surface area contributed by atoms with E-state index < -0.39 is 17.6 Å². The van der Waals surface area contributed by atoms with Gasteiger partial charge in [-0.1, -0.05) is 6.07 Å². The molecule has 3 aliphatic heterocycles. The lowest BCUT2D eigenvalue weighted by Gasteiger charge is -2.19. The van der Waals surface area contributed by atoms with Gasteiger partial charge < -0.3 is 15.2 Å². The van der Waals surface area contributed by atoms with Crippen molar-refractivity contribution in [1.82, 2.24) is 23.9 Å². The molecular weight excluding hydrogens is 529 g/mol. The highest BCUT2D eigenvalue weighted by atomic mass is 32.1. The minimum absolute atomic E-state index is 0.327. The Morgan fingerprint density at radius 3 is 2.79 bits per heavy atom. The van der Waals surface area contributed by atoms with Gasteiger partial charge >= 0.3 is 6.18 Å². The van der Waals surface area contributed by atoms with Crippen LogP contribution in [0.15, 0.2) is 65.4 Å². The fourth-order valence-electron chi connectivity index (χ4n) is 4.41. The van der Waals surface area contributed by atoms with E-state index in [-0.39, 0.29) is 5.69 Å². The number of alkyl halides is 3. The van der Waals surface area contributed by atoms with E-state index in [1.54, 1.807) is 24.5 Å². The molecule has 39 heavy (non-hydrogen) atoms. The van der Waals surface area contributed by atoms with Crippen LogP contribution in [-0.2, 0) is 12.7 Å². The topological polar surface area (TPSA) is 110 Å². The van der Waals surface area contributed by atoms with Gasteiger partial charge in [-0.15, -0.1) is 0 Å². The molecule has 9 nitrogen and oxygen atoms in total. The Bertz CT molecular complexity index is 1750. The van der Waals surface area contributed by atoms with Crippen LogP contribution in [-0.4, -0.2) is 36.3 Å². The first kappa shape index (κ1) is 24.7. The number of hydrogen-bond donors (Lipinski definition) is 2. The van der Waals surface area contributed by atoms with E-state index in [2.05, 4.69) is 39.5 Å². The van der Waals surface area contributed by atoms with E-state index in [4.69, 9.17) is 0 Å². The van der Waals surface area contributed by atoms with Crippen molar-refractivity contribution < 1.29 is 18.0 Å². The predicted octanol–water partition coefficient (Wildman–Crippen LogP) is 5.14. The number of aromatic nitrogens is 5. The quantitative estimate of drug-likeness (QED) is 0.322. The fraction of sp³-hybridized carbons (Fsp3) is 0.154. The first-order chi connectivity index (χ1) is 18.8. The number of pyridine rings is 2. The highest BCUT2D eigenvalue weighted by Gasteiger charge is 2.31. The van der Waals surface area contributed by atoms with Crippen molar-refractivity contribution in [2.45, 2.75) is 19.6 Å². The van der Waals surface area contributed by atoms with Gasteiger partial charge in [0.25, 0.3) is 11.5 Å². The van der Waals surface area contributed by atoms with Gasteiger partial charge in [0.05, 0.1) is 17.4 Å². The number of amides is 1. The average molecular weight is 549 g/mol. The number of fused-ring (bicyclic) bond motifs is 3. The maximum atomic E-state index is 13.1. The van der Waals surface area contributed by atoms with Crippen molar-refractivity contribution in [2.24, 2.45) is 4.99 Å². The summed E-state index contributed by atoms with van der Waals surface area (Å²) in [7, 11) is 0. The van der Waals surface area contributed by atoms with Crippen LogP contribution in [0.5, 0.6) is 0 Å². The van der Waals surface area contributed by atoms with Crippen LogP contribution >= 0.6 is 11.5 Å². The van der Waals surface area contributed by atoms with Crippen LogP contribution < -0.4 is 16.3 Å². The lowest BCUT2D eigenvalue weighted by atomic mass is 9.98. The van der Waals surface area contributed by atoms with Crippen molar-refractivity contribution in [2.75, 3.05) is 17.2 Å². The van der Waals surface area contributed by atoms with E-state index in [1.165, 1.54) is 11.5 Å². The standard InChI is InChI=1S/C26H19F3N8OS/c1-14-2-3-17(34-24(38)21-9-16(4-5-30-21)26(27,28)29)10-19(14)20-8-15-11-32-25(35-18-12-33-39-13-18)36-22(15)37-7-6-31-23(20)37/h2-5,8-13,31H,6-7H2,1H3,(H,34,38). The molecule has 0 spiro atoms. The summed E-state index contributed by atoms with van der Waals surface area (Å²) < 4.78 is 45.4. The van der Waals surface area contributed by atoms with E-state index in [9.17, 15) is 18.0 Å². The second-order valence-corrected chi connectivity index (χ2v) is 9.50. The molecule has 0 saturated heterocycles. The summed E-state index contributed by atoms with van der Waals surface area (Å²) in [6, 6.07) is 8.85. The van der Waals surface area contributed by atoms with E-state index >= 15 is 0 Å². The average Bonchev–Trinajstić information content (AvgIpc) is 3.62. The smallest absolute Gasteiger partial charge is 0.369 e. The highest BCUT2D eigenvalue weighted by Crippen LogP contribution is 2.39. The Labute approximate surface area is 223 Å². The fourth-order valence-corrected chi connectivity index (χ4v) is 4.86. The Hall–Kier alpha value is -4.65. The van der Waals surface area contributed by atoms with Crippen molar-refractivity contribution in [3.05, 3.63) is 82.8 Å². The lowest BCUT2D eigenvalue weighted by Crippen LogP contribution is -2.17. The number of benzene rings is 1. The summed E-state index contributed by atoms with van der Waals surface area (Å²) in [5.41, 5.74) is 3.64. The Morgan fingerprint density at radius 2 is 2.00 bits per heavy atom. The summed E-state index contributed by atoms with van der Waals surface area (Å²) in [4.78, 5) is 30.1. The second kappa shape index (κ2) is 9.58. The van der Waals surface area contributed by atoms with Gasteiger partial charge in [0, 0.05) is 47.7 Å². The molecule has 0 atom stereocenters. The minimum Gasteiger partial charge on any atom is -0.369 e. The lowest BCUT2D eigenvalue weighted by molar-refractivity contribution is -0.137. The Balaban J connectivity index is 1.38. The van der Waals surface area contributed by atoms with Crippen LogP contribution in [0.2, 0.25) is 0 Å². The molecule has 0 saturated carbocycles. The molecule has 196 valence electrons. The summed E-state index contributed by atoms with van der Waals surface area (Å²) in [5.74, 6) is 0.849. The van der Waals surface area contributed by atoms with E-state index in [0.717, 1.165) is 52.2 Å². The molecule has 0 fully saturated rings. The van der Waals surface area contributed by atoms with Crippen LogP contribution in [0.4, 0.5) is 30.4 Å². The third-order valence-corrected chi connectivity index (χ3v) is 6.82. The zero-order valence-electron chi connectivity index (χ0n) is 20.3. The molecule has 0 radical (unpaired) electrons. The van der Waals surface area contributed by atoms with Gasteiger partial charge in [-0.3, -0.25) is 9.78 Å². The summed E-state index contributed by atoms with van der Waals surface area (Å²) >= 11 is 1.30. The van der Waals surface area contributed by atoms with E-state index in [0.29, 0.717) is 30.1 Å². The Kier molecular flexibility index (Phi) is 6.06. The maximum Gasteiger partial charge on any atom is 0.416 e. The zero-order chi connectivity index (χ0) is 27.1. The molecule has 3 aromatic rings. The second-order valence-electron chi connectivity index (χ2n) is 8.84. The van der Waals surface area contributed by atoms with Crippen LogP contribution in [0.1, 0.15) is 21.6 Å². The number of anilines is 2. The molecule has 13 heteroatoms. The van der Waals surface area contributed by atoms with Crippen molar-refractivity contribution in [1.29, 1.82) is 0 Å². The first-order valence-electron chi connectivity index (χ1n) is 11.8. The minimum atomic E-state index is -4.57. The number of nitrogens with one attached hydrogen (secondary N) is 2. The third-order valence-electron chi connectivity index (χ3n) is 6.25. The SMILES string of the molecule is Cc1ccc(NC(=O)c2cc(C(F)(F)F)ccn2)cc1-c1cc2cnc(=Nc3cnsc3)nc-2n2c1NCC2. The summed E-state index contributed by atoms with van der Waals surface area (Å²) in [5, 5.41) is 7.90. The summed E-state index contributed by atoms with van der Waals surface area (Å²) in [6.45, 7) is 3.33. The molecule has 2 aromatic heterocycles. The van der Waals surface area contributed by atoms with Gasteiger partial charge in [-0.2, -0.15) is 22.5 Å². The molecule has 5 heterocycles. The van der Waals surface area contributed by atoms with Gasteiger partial charge in [0.1, 0.15) is 17.3 Å². The zero-order valence-corrected chi connectivity index (χ0v) is 21.1. The number of carbonyl (C=O) groups excluding carboxylic acids is 1. The molecule has 3 aliphatic rings. The Morgan fingerprint density at radius 1 is 1.13 bits per heavy atom. The molecule has 0 bridgehead atoms. The van der Waals surface area contributed by atoms with Gasteiger partial charge in [0.2, 0.25) is 0 Å². The van der Waals surface area contributed by atoms with Crippen molar-refractivity contribution >= 4 is 34.6 Å². The number of aryl methyl sites for hydroxylation is 1. The van der Waals surface area contributed by atoms with Crippen LogP contribution in [0.25, 0.3) is 22.5 Å². The van der Waals surface area contributed by atoms with Gasteiger partial charge in [-0.25, -0.2) is 9.98 Å². The normalized spacial score (nSPS) is 13.4. The first-order valence-corrected chi connectivity index (χ1v) is 12.6. The summed E-state index contributed by atoms with van der Waals surface area (Å²) in [6.07, 6.45) is -0.234. The number of halogens is 3. The number of rotatable bonds is 4. The number of hydrogen-bond acceptors (Lipinski definition) is 8. The van der Waals surface area contributed by atoms with Gasteiger partial charge in [-0.05, 0) is 59.9 Å². The third kappa shape index (κ3) is 4.83. The van der Waals surface area contributed by atoms with Crippen molar-refractivity contribution in [3.8, 4) is 22.5 Å². The van der Waals surface area contributed by atoms with Crippen molar-refractivity contribution in [3.63, 3.8) is 0 Å². The number of carbonyl (C=O) groups is 1. The van der Waals surface area contributed by atoms with E-state index in [1.807, 2.05) is 24.4 Å². The molecule has 6 rings (SSSR count). The van der Waals surface area contributed by atoms with Gasteiger partial charge in [0.15, 0.2) is 0 Å². The monoisotopic (exact) mass is 548 g/mol. The molecule has 1 aromatic carbocycles. The molecule has 0 aliphatic carbocycles. The largest absolute Gasteiger partial charge is 0.416 e. The molecule has 2 N–H and O–H groups in total. The van der Waals surface area contributed by atoms with Crippen LogP contribution in [0.3, 0.4) is 0 Å².